The van der Waals surface area contributed by atoms with Gasteiger partial charge in [-0.05, 0) is 24.3 Å². The summed E-state index contributed by atoms with van der Waals surface area (Å²) in [5, 5.41) is 3.06. The van der Waals surface area contributed by atoms with Gasteiger partial charge in [-0.15, -0.1) is 0 Å². The van der Waals surface area contributed by atoms with Gasteiger partial charge in [-0.2, -0.15) is 26.3 Å². The lowest BCUT2D eigenvalue weighted by Crippen LogP contribution is -2.50. The van der Waals surface area contributed by atoms with Crippen LogP contribution < -0.4 is 0 Å². The Kier molecular flexibility index (Phi) is 4.28. The van der Waals surface area contributed by atoms with Crippen LogP contribution in [0.4, 0.5) is 30.7 Å². The molecule has 0 saturated heterocycles. The highest BCUT2D eigenvalue weighted by atomic mass is 32.2. The maximum Gasteiger partial charge on any atom is 0.441 e. The van der Waals surface area contributed by atoms with E-state index in [1.165, 1.54) is 0 Å². The van der Waals surface area contributed by atoms with Gasteiger partial charge in [0.15, 0.2) is 0 Å². The molecule has 0 radical (unpaired) electrons. The summed E-state index contributed by atoms with van der Waals surface area (Å²) in [4.78, 5) is 9.77. The smallest absolute Gasteiger partial charge is 0.441 e. The largest absolute Gasteiger partial charge is 0.478 e. The molecule has 2 nitrogen and oxygen atoms in total. The van der Waals surface area contributed by atoms with Crippen molar-refractivity contribution in [2.45, 2.75) is 22.2 Å². The molecule has 0 aliphatic heterocycles. The highest BCUT2D eigenvalue weighted by Gasteiger charge is 2.73. The maximum atomic E-state index is 13.3. The van der Waals surface area contributed by atoms with Crippen LogP contribution in [-0.2, 0) is 0 Å². The van der Waals surface area contributed by atoms with E-state index >= 15 is 0 Å². The average Bonchev–Trinajstić information content (AvgIpc) is 2.26. The first-order valence-corrected chi connectivity index (χ1v) is 5.55. The van der Waals surface area contributed by atoms with E-state index in [2.05, 4.69) is 0 Å². The van der Waals surface area contributed by atoms with E-state index in [1.54, 1.807) is 0 Å². The first-order chi connectivity index (χ1) is 8.88. The van der Waals surface area contributed by atoms with Crippen LogP contribution in [0, 0.1) is 0 Å². The molecular formula is C10H5F7O2S. The number of carboxylic acids is 1. The lowest BCUT2D eigenvalue weighted by Gasteiger charge is -2.29. The molecule has 0 heterocycles. The SMILES string of the molecule is O=C(O)c1ccc(SC(F)(C(F)(F)F)C(F)(F)F)cc1. The van der Waals surface area contributed by atoms with Gasteiger partial charge in [-0.1, -0.05) is 11.8 Å². The Hall–Kier alpha value is -1.45. The monoisotopic (exact) mass is 322 g/mol. The first-order valence-electron chi connectivity index (χ1n) is 4.73. The van der Waals surface area contributed by atoms with Crippen LogP contribution in [0.2, 0.25) is 0 Å². The molecule has 10 heteroatoms. The van der Waals surface area contributed by atoms with Crippen LogP contribution in [0.3, 0.4) is 0 Å². The zero-order valence-electron chi connectivity index (χ0n) is 9.22. The van der Waals surface area contributed by atoms with E-state index in [4.69, 9.17) is 5.11 Å². The Morgan fingerprint density at radius 1 is 0.900 bits per heavy atom. The van der Waals surface area contributed by atoms with E-state index in [1.807, 2.05) is 0 Å². The van der Waals surface area contributed by atoms with E-state index in [-0.39, 0.29) is 5.56 Å². The summed E-state index contributed by atoms with van der Waals surface area (Å²) in [7, 11) is 0. The van der Waals surface area contributed by atoms with Crippen LogP contribution in [0.25, 0.3) is 0 Å². The number of hydrogen-bond donors (Lipinski definition) is 1. The van der Waals surface area contributed by atoms with Gasteiger partial charge in [0.1, 0.15) is 0 Å². The van der Waals surface area contributed by atoms with Gasteiger partial charge < -0.3 is 5.11 Å². The van der Waals surface area contributed by atoms with Crippen molar-refractivity contribution in [2.75, 3.05) is 0 Å². The Bertz CT molecular complexity index is 478. The zero-order chi connectivity index (χ0) is 15.8. The summed E-state index contributed by atoms with van der Waals surface area (Å²) in [5.74, 6) is -1.42. The Balaban J connectivity index is 3.12. The van der Waals surface area contributed by atoms with Crippen molar-refractivity contribution >= 4 is 17.7 Å². The van der Waals surface area contributed by atoms with Crippen LogP contribution >= 0.6 is 11.8 Å². The molecule has 20 heavy (non-hydrogen) atoms. The Morgan fingerprint density at radius 2 is 1.30 bits per heavy atom. The van der Waals surface area contributed by atoms with Crippen LogP contribution in [0.1, 0.15) is 10.4 Å². The van der Waals surface area contributed by atoms with Crippen molar-refractivity contribution in [1.82, 2.24) is 0 Å². The molecule has 0 aromatic heterocycles. The molecule has 1 aromatic rings. The molecule has 0 unspecified atom stereocenters. The number of alkyl halides is 7. The van der Waals surface area contributed by atoms with Gasteiger partial charge in [0.25, 0.3) is 0 Å². The Morgan fingerprint density at radius 3 is 1.60 bits per heavy atom. The third-order valence-corrected chi connectivity index (χ3v) is 3.34. The maximum absolute atomic E-state index is 13.3. The van der Waals surface area contributed by atoms with Crippen LogP contribution in [-0.4, -0.2) is 28.4 Å². The highest BCUT2D eigenvalue weighted by Crippen LogP contribution is 2.55. The molecule has 1 rings (SSSR count). The highest BCUT2D eigenvalue weighted by molar-refractivity contribution is 8.00. The molecular weight excluding hydrogens is 317 g/mol. The topological polar surface area (TPSA) is 37.3 Å². The van der Waals surface area contributed by atoms with Crippen LogP contribution in [0.15, 0.2) is 29.2 Å². The fourth-order valence-corrected chi connectivity index (χ4v) is 1.93. The quantitative estimate of drug-likeness (QED) is 0.667. The van der Waals surface area contributed by atoms with Crippen molar-refractivity contribution < 1.29 is 40.6 Å². The molecule has 1 aromatic carbocycles. The van der Waals surface area contributed by atoms with Crippen molar-refractivity contribution in [2.24, 2.45) is 0 Å². The number of aromatic carboxylic acids is 1. The van der Waals surface area contributed by atoms with Gasteiger partial charge >= 0.3 is 23.3 Å². The van der Waals surface area contributed by atoms with E-state index in [0.29, 0.717) is 12.1 Å². The number of carboxylic acid groups (broad SMARTS) is 1. The predicted molar refractivity (Wildman–Crippen MR) is 55.2 cm³/mol. The molecule has 0 spiro atoms. The minimum absolute atomic E-state index is 0.349. The number of halogens is 7. The van der Waals surface area contributed by atoms with Gasteiger partial charge in [0.2, 0.25) is 0 Å². The number of thioether (sulfide) groups is 1. The van der Waals surface area contributed by atoms with Gasteiger partial charge in [0.05, 0.1) is 5.56 Å². The van der Waals surface area contributed by atoms with E-state index in [9.17, 15) is 35.5 Å². The summed E-state index contributed by atoms with van der Waals surface area (Å²) in [6, 6.07) is 2.88. The van der Waals surface area contributed by atoms with Crippen molar-refractivity contribution in [1.29, 1.82) is 0 Å². The predicted octanol–water partition coefficient (Wildman–Crippen LogP) is 4.27. The van der Waals surface area contributed by atoms with E-state index < -0.39 is 40.0 Å². The number of rotatable bonds is 3. The molecule has 0 bridgehead atoms. The standard InChI is InChI=1S/C10H5F7O2S/c11-8(9(12,13)14,10(15,16)17)20-6-3-1-5(2-4-6)7(18)19/h1-4H,(H,18,19). The summed E-state index contributed by atoms with van der Waals surface area (Å²) in [6.45, 7) is 0. The fraction of sp³-hybridized carbons (Fsp3) is 0.300. The molecule has 0 aliphatic rings. The molecule has 0 aliphatic carbocycles. The van der Waals surface area contributed by atoms with Gasteiger partial charge in [0, 0.05) is 4.90 Å². The second kappa shape index (κ2) is 5.15. The lowest BCUT2D eigenvalue weighted by atomic mass is 10.2. The minimum Gasteiger partial charge on any atom is -0.478 e. The number of carbonyl (C=O) groups is 1. The average molecular weight is 322 g/mol. The third-order valence-electron chi connectivity index (χ3n) is 2.09. The first kappa shape index (κ1) is 16.6. The van der Waals surface area contributed by atoms with Gasteiger partial charge in [-0.25, -0.2) is 9.18 Å². The van der Waals surface area contributed by atoms with Crippen molar-refractivity contribution in [3.63, 3.8) is 0 Å². The van der Waals surface area contributed by atoms with Crippen molar-refractivity contribution in [3.05, 3.63) is 29.8 Å². The molecule has 112 valence electrons. The van der Waals surface area contributed by atoms with Crippen molar-refractivity contribution in [3.8, 4) is 0 Å². The second-order valence-corrected chi connectivity index (χ2v) is 4.76. The summed E-state index contributed by atoms with van der Waals surface area (Å²) in [6.07, 6.45) is -12.3. The summed E-state index contributed by atoms with van der Waals surface area (Å²) >= 11 is -1.08. The normalized spacial score (nSPS) is 13.3. The fourth-order valence-electron chi connectivity index (χ4n) is 1.10. The van der Waals surface area contributed by atoms with Crippen LogP contribution in [0.5, 0.6) is 0 Å². The lowest BCUT2D eigenvalue weighted by molar-refractivity contribution is -0.302. The summed E-state index contributed by atoms with van der Waals surface area (Å²) in [5.41, 5.74) is -0.349. The molecule has 1 N–H and O–H groups in total. The summed E-state index contributed by atoms with van der Waals surface area (Å²) < 4.78 is 87.0. The molecule has 0 saturated carbocycles. The minimum atomic E-state index is -6.17. The van der Waals surface area contributed by atoms with E-state index in [0.717, 1.165) is 12.1 Å². The second-order valence-electron chi connectivity index (χ2n) is 3.52. The number of benzene rings is 1. The Labute approximate surface area is 111 Å². The zero-order valence-corrected chi connectivity index (χ0v) is 10.0. The number of hydrogen-bond acceptors (Lipinski definition) is 2. The molecule has 0 fully saturated rings. The molecule has 0 atom stereocenters. The molecule has 0 amide bonds. The third kappa shape index (κ3) is 3.17. The van der Waals surface area contributed by atoms with Gasteiger partial charge in [-0.3, -0.25) is 0 Å².